The molecule has 0 amide bonds. The Morgan fingerprint density at radius 3 is 2.69 bits per heavy atom. The van der Waals surface area contributed by atoms with Gasteiger partial charge < -0.3 is 19.7 Å². The summed E-state index contributed by atoms with van der Waals surface area (Å²) in [5, 5.41) is 3.29. The molecule has 1 aliphatic rings. The summed E-state index contributed by atoms with van der Waals surface area (Å²) in [6, 6.07) is 0.277. The number of carbonyl (C=O) groups is 1. The molecule has 0 aromatic carbocycles. The van der Waals surface area contributed by atoms with Crippen LogP contribution in [0, 0.1) is 0 Å². The van der Waals surface area contributed by atoms with Gasteiger partial charge in [-0.05, 0) is 19.9 Å². The normalized spacial score (nSPS) is 17.5. The number of methoxy groups -OCH3 is 2. The Labute approximate surface area is 97.1 Å². The quantitative estimate of drug-likeness (QED) is 0.588. The van der Waals surface area contributed by atoms with Gasteiger partial charge in [-0.25, -0.2) is 0 Å². The Balaban J connectivity index is 2.32. The van der Waals surface area contributed by atoms with E-state index in [0.717, 1.165) is 19.4 Å². The molecule has 0 radical (unpaired) electrons. The Hall–Kier alpha value is -0.650. The molecule has 1 N–H and O–H groups in total. The minimum Gasteiger partial charge on any atom is -0.468 e. The number of hydrogen-bond acceptors (Lipinski definition) is 5. The molecule has 0 aliphatic heterocycles. The van der Waals surface area contributed by atoms with Crippen LogP contribution >= 0.6 is 0 Å². The van der Waals surface area contributed by atoms with Crippen molar-refractivity contribution in [2.45, 2.75) is 24.9 Å². The minimum absolute atomic E-state index is 0.184. The number of nitrogens with zero attached hydrogens (tertiary/aromatic N) is 1. The van der Waals surface area contributed by atoms with Crippen molar-refractivity contribution in [3.05, 3.63) is 0 Å². The lowest BCUT2D eigenvalue weighted by atomic mass is 10.2. The van der Waals surface area contributed by atoms with Gasteiger partial charge in [0, 0.05) is 26.2 Å². The van der Waals surface area contributed by atoms with Crippen LogP contribution in [0.3, 0.4) is 0 Å². The molecule has 1 aliphatic carbocycles. The highest BCUT2D eigenvalue weighted by molar-refractivity contribution is 5.76. The van der Waals surface area contributed by atoms with E-state index < -0.39 is 0 Å². The molecule has 0 heterocycles. The van der Waals surface area contributed by atoms with E-state index in [-0.39, 0.29) is 12.0 Å². The Morgan fingerprint density at radius 2 is 2.19 bits per heavy atom. The van der Waals surface area contributed by atoms with Crippen LogP contribution in [0.4, 0.5) is 0 Å². The average molecular weight is 230 g/mol. The molecule has 1 rings (SSSR count). The molecule has 0 bridgehead atoms. The van der Waals surface area contributed by atoms with Crippen LogP contribution in [0.5, 0.6) is 0 Å². The van der Waals surface area contributed by atoms with E-state index in [1.54, 1.807) is 7.11 Å². The van der Waals surface area contributed by atoms with Crippen LogP contribution in [0.1, 0.15) is 12.8 Å². The summed E-state index contributed by atoms with van der Waals surface area (Å²) < 4.78 is 9.78. The Kier molecular flexibility index (Phi) is 5.73. The number of carbonyl (C=O) groups excluding carboxylic acids is 1. The first-order valence-corrected chi connectivity index (χ1v) is 5.68. The summed E-state index contributed by atoms with van der Waals surface area (Å²) in [6.45, 7) is 2.15. The Bertz CT molecular complexity index is 219. The second kappa shape index (κ2) is 6.83. The lowest BCUT2D eigenvalue weighted by Crippen LogP contribution is -2.47. The van der Waals surface area contributed by atoms with Gasteiger partial charge in [0.25, 0.3) is 0 Å². The third kappa shape index (κ3) is 4.92. The fourth-order valence-electron chi connectivity index (χ4n) is 1.52. The van der Waals surface area contributed by atoms with Gasteiger partial charge in [0.15, 0.2) is 0 Å². The van der Waals surface area contributed by atoms with Gasteiger partial charge in [0.05, 0.1) is 13.7 Å². The highest BCUT2D eigenvalue weighted by Crippen LogP contribution is 2.19. The molecule has 0 aromatic rings. The molecule has 5 heteroatoms. The summed E-state index contributed by atoms with van der Waals surface area (Å²) in [5.41, 5.74) is 0. The van der Waals surface area contributed by atoms with E-state index in [1.807, 2.05) is 7.05 Å². The first kappa shape index (κ1) is 13.4. The third-order valence-electron chi connectivity index (χ3n) is 2.67. The number of nitrogens with one attached hydrogen (secondary N) is 1. The van der Waals surface area contributed by atoms with Crippen molar-refractivity contribution < 1.29 is 14.3 Å². The van der Waals surface area contributed by atoms with Gasteiger partial charge >= 0.3 is 5.97 Å². The highest BCUT2D eigenvalue weighted by atomic mass is 16.5. The van der Waals surface area contributed by atoms with Crippen molar-refractivity contribution >= 4 is 5.97 Å². The molecule has 16 heavy (non-hydrogen) atoms. The molecule has 1 saturated carbocycles. The summed E-state index contributed by atoms with van der Waals surface area (Å²) >= 11 is 0. The van der Waals surface area contributed by atoms with Gasteiger partial charge in [-0.15, -0.1) is 0 Å². The fourth-order valence-corrected chi connectivity index (χ4v) is 1.52. The molecule has 1 atom stereocenters. The van der Waals surface area contributed by atoms with Crippen LogP contribution in [-0.4, -0.2) is 63.9 Å². The molecule has 1 unspecified atom stereocenters. The van der Waals surface area contributed by atoms with Crippen LogP contribution in [0.2, 0.25) is 0 Å². The van der Waals surface area contributed by atoms with Crippen molar-refractivity contribution in [3.63, 3.8) is 0 Å². The average Bonchev–Trinajstić information content (AvgIpc) is 3.08. The van der Waals surface area contributed by atoms with E-state index in [9.17, 15) is 4.79 Å². The molecular formula is C11H22N2O3. The van der Waals surface area contributed by atoms with Gasteiger partial charge in [-0.1, -0.05) is 0 Å². The monoisotopic (exact) mass is 230 g/mol. The summed E-state index contributed by atoms with van der Waals surface area (Å²) in [6.07, 6.45) is 2.32. The molecule has 1 fully saturated rings. The van der Waals surface area contributed by atoms with Crippen molar-refractivity contribution in [2.75, 3.05) is 41.0 Å². The zero-order chi connectivity index (χ0) is 12.0. The SMILES string of the molecule is COCCN(C)CC(NC1CC1)C(=O)OC. The number of hydrogen-bond donors (Lipinski definition) is 1. The lowest BCUT2D eigenvalue weighted by molar-refractivity contribution is -0.143. The van der Waals surface area contributed by atoms with Crippen molar-refractivity contribution in [2.24, 2.45) is 0 Å². The summed E-state index contributed by atoms with van der Waals surface area (Å²) in [4.78, 5) is 13.6. The van der Waals surface area contributed by atoms with E-state index in [4.69, 9.17) is 9.47 Å². The van der Waals surface area contributed by atoms with Crippen molar-refractivity contribution in [3.8, 4) is 0 Å². The van der Waals surface area contributed by atoms with Gasteiger partial charge in [0.2, 0.25) is 0 Å². The zero-order valence-electron chi connectivity index (χ0n) is 10.4. The van der Waals surface area contributed by atoms with Crippen molar-refractivity contribution in [1.29, 1.82) is 0 Å². The first-order chi connectivity index (χ1) is 7.67. The predicted molar refractivity (Wildman–Crippen MR) is 61.3 cm³/mol. The van der Waals surface area contributed by atoms with Crippen LogP contribution in [-0.2, 0) is 14.3 Å². The second-order valence-electron chi connectivity index (χ2n) is 4.27. The lowest BCUT2D eigenvalue weighted by Gasteiger charge is -2.22. The van der Waals surface area contributed by atoms with Gasteiger partial charge in [-0.2, -0.15) is 0 Å². The molecular weight excluding hydrogens is 208 g/mol. The highest BCUT2D eigenvalue weighted by Gasteiger charge is 2.29. The van der Waals surface area contributed by atoms with E-state index in [2.05, 4.69) is 10.2 Å². The van der Waals surface area contributed by atoms with Crippen LogP contribution < -0.4 is 5.32 Å². The topological polar surface area (TPSA) is 50.8 Å². The number of ether oxygens (including phenoxy) is 2. The molecule has 94 valence electrons. The second-order valence-corrected chi connectivity index (χ2v) is 4.27. The zero-order valence-corrected chi connectivity index (χ0v) is 10.4. The maximum Gasteiger partial charge on any atom is 0.324 e. The number of rotatable bonds is 8. The van der Waals surface area contributed by atoms with E-state index >= 15 is 0 Å². The largest absolute Gasteiger partial charge is 0.468 e. The maximum absolute atomic E-state index is 11.5. The smallest absolute Gasteiger partial charge is 0.324 e. The summed E-state index contributed by atoms with van der Waals surface area (Å²) in [5.74, 6) is -0.184. The maximum atomic E-state index is 11.5. The van der Waals surface area contributed by atoms with Gasteiger partial charge in [0.1, 0.15) is 6.04 Å². The molecule has 0 aromatic heterocycles. The Morgan fingerprint density at radius 1 is 1.50 bits per heavy atom. The minimum atomic E-state index is -0.223. The fraction of sp³-hybridized carbons (Fsp3) is 0.909. The third-order valence-corrected chi connectivity index (χ3v) is 2.67. The molecule has 5 nitrogen and oxygen atoms in total. The number of esters is 1. The number of likely N-dealkylation sites (N-methyl/N-ethyl adjacent to an activating group) is 1. The van der Waals surface area contributed by atoms with Gasteiger partial charge in [-0.3, -0.25) is 4.79 Å². The van der Waals surface area contributed by atoms with Crippen molar-refractivity contribution in [1.82, 2.24) is 10.2 Å². The van der Waals surface area contributed by atoms with E-state index in [1.165, 1.54) is 7.11 Å². The molecule has 0 saturated heterocycles. The predicted octanol–water partition coefficient (Wildman–Crippen LogP) is -0.142. The van der Waals surface area contributed by atoms with E-state index in [0.29, 0.717) is 19.2 Å². The first-order valence-electron chi connectivity index (χ1n) is 5.68. The van der Waals surface area contributed by atoms with Crippen LogP contribution in [0.25, 0.3) is 0 Å². The summed E-state index contributed by atoms with van der Waals surface area (Å²) in [7, 11) is 5.08. The standard InChI is InChI=1S/C11H22N2O3/c1-13(6-7-15-2)8-10(11(14)16-3)12-9-4-5-9/h9-10,12H,4-8H2,1-3H3. The molecule has 0 spiro atoms. The van der Waals surface area contributed by atoms with Crippen LogP contribution in [0.15, 0.2) is 0 Å².